The number of piperazine rings is 1. The first-order valence-corrected chi connectivity index (χ1v) is 7.78. The molecule has 1 heterocycles. The first kappa shape index (κ1) is 21.1. The molecule has 6 nitrogen and oxygen atoms in total. The highest BCUT2D eigenvalue weighted by molar-refractivity contribution is 5.97. The van der Waals surface area contributed by atoms with Crippen LogP contribution in [-0.4, -0.2) is 68.0 Å². The summed E-state index contributed by atoms with van der Waals surface area (Å²) in [5.74, 6) is -0.462. The fourth-order valence-electron chi connectivity index (χ4n) is 2.56. The van der Waals surface area contributed by atoms with E-state index in [1.165, 1.54) is 18.2 Å². The number of benzene rings is 1. The van der Waals surface area contributed by atoms with Crippen LogP contribution in [0.25, 0.3) is 0 Å². The van der Waals surface area contributed by atoms with Gasteiger partial charge in [-0.2, -0.15) is 8.78 Å². The zero-order valence-corrected chi connectivity index (χ0v) is 14.7. The summed E-state index contributed by atoms with van der Waals surface area (Å²) in [5, 5.41) is 2.92. The van der Waals surface area contributed by atoms with E-state index in [2.05, 4.69) is 10.1 Å². The Kier molecular flexibility index (Phi) is 8.57. The van der Waals surface area contributed by atoms with E-state index in [-0.39, 0.29) is 35.5 Å². The second kappa shape index (κ2) is 10.1. The molecule has 1 aromatic rings. The first-order chi connectivity index (χ1) is 11.5. The Morgan fingerprint density at radius 3 is 2.36 bits per heavy atom. The van der Waals surface area contributed by atoms with Gasteiger partial charge in [0.05, 0.1) is 5.56 Å². The molecule has 0 spiro atoms. The second-order valence-electron chi connectivity index (χ2n) is 5.40. The summed E-state index contributed by atoms with van der Waals surface area (Å²) in [6, 6.07) is 5.94. The highest BCUT2D eigenvalue weighted by Crippen LogP contribution is 2.22. The third-order valence-corrected chi connectivity index (χ3v) is 3.84. The molecule has 0 saturated carbocycles. The Morgan fingerprint density at radius 2 is 1.76 bits per heavy atom. The van der Waals surface area contributed by atoms with Crippen molar-refractivity contribution in [1.29, 1.82) is 0 Å². The van der Waals surface area contributed by atoms with E-state index in [1.54, 1.807) is 22.9 Å². The monoisotopic (exact) mass is 377 g/mol. The van der Waals surface area contributed by atoms with E-state index >= 15 is 0 Å². The van der Waals surface area contributed by atoms with Gasteiger partial charge in [0, 0.05) is 39.1 Å². The van der Waals surface area contributed by atoms with Crippen molar-refractivity contribution in [3.63, 3.8) is 0 Å². The molecule has 25 heavy (non-hydrogen) atoms. The van der Waals surface area contributed by atoms with E-state index in [4.69, 9.17) is 0 Å². The summed E-state index contributed by atoms with van der Waals surface area (Å²) in [6.07, 6.45) is 0.412. The van der Waals surface area contributed by atoms with E-state index in [9.17, 15) is 18.4 Å². The van der Waals surface area contributed by atoms with Crippen LogP contribution < -0.4 is 10.1 Å². The predicted octanol–water partition coefficient (Wildman–Crippen LogP) is 1.60. The zero-order valence-electron chi connectivity index (χ0n) is 13.9. The molecule has 0 radical (unpaired) electrons. The molecule has 2 amide bonds. The lowest BCUT2D eigenvalue weighted by Gasteiger charge is -2.35. The molecule has 140 valence electrons. The van der Waals surface area contributed by atoms with Gasteiger partial charge in [0.1, 0.15) is 5.75 Å². The van der Waals surface area contributed by atoms with Crippen molar-refractivity contribution in [3.05, 3.63) is 29.8 Å². The Balaban J connectivity index is 0.00000312. The highest BCUT2D eigenvalue weighted by Gasteiger charge is 2.26. The summed E-state index contributed by atoms with van der Waals surface area (Å²) in [7, 11) is 1.78. The SMILES string of the molecule is CNCCC(=O)N1CCN(C(=O)c2ccccc2OC(F)F)CC1.Cl. The number of amides is 2. The van der Waals surface area contributed by atoms with Crippen molar-refractivity contribution < 1.29 is 23.1 Å². The summed E-state index contributed by atoms with van der Waals surface area (Å²) in [4.78, 5) is 27.8. The second-order valence-corrected chi connectivity index (χ2v) is 5.40. The maximum atomic E-state index is 12.5. The van der Waals surface area contributed by atoms with Crippen LogP contribution in [0.1, 0.15) is 16.8 Å². The Bertz CT molecular complexity index is 581. The minimum absolute atomic E-state index is 0. The minimum Gasteiger partial charge on any atom is -0.434 e. The smallest absolute Gasteiger partial charge is 0.387 e. The number of hydrogen-bond donors (Lipinski definition) is 1. The number of ether oxygens (including phenoxy) is 1. The number of rotatable bonds is 6. The molecule has 0 unspecified atom stereocenters. The van der Waals surface area contributed by atoms with Crippen LogP contribution in [0.5, 0.6) is 5.75 Å². The minimum atomic E-state index is -2.99. The maximum Gasteiger partial charge on any atom is 0.387 e. The first-order valence-electron chi connectivity index (χ1n) is 7.78. The third-order valence-electron chi connectivity index (χ3n) is 3.84. The lowest BCUT2D eigenvalue weighted by molar-refractivity contribution is -0.132. The zero-order chi connectivity index (χ0) is 17.5. The van der Waals surface area contributed by atoms with Crippen molar-refractivity contribution in [3.8, 4) is 5.75 Å². The molecule has 1 aliphatic heterocycles. The van der Waals surface area contributed by atoms with E-state index < -0.39 is 6.61 Å². The molecule has 1 N–H and O–H groups in total. The molecule has 0 aromatic heterocycles. The Labute approximate surface area is 151 Å². The molecule has 0 bridgehead atoms. The number of alkyl halides is 2. The van der Waals surface area contributed by atoms with Crippen molar-refractivity contribution in [2.45, 2.75) is 13.0 Å². The van der Waals surface area contributed by atoms with Crippen molar-refractivity contribution in [2.24, 2.45) is 0 Å². The Hall–Kier alpha value is -1.93. The van der Waals surface area contributed by atoms with E-state index in [0.29, 0.717) is 39.1 Å². The number of nitrogens with one attached hydrogen (secondary N) is 1. The van der Waals surface area contributed by atoms with Crippen LogP contribution in [0, 0.1) is 0 Å². The third kappa shape index (κ3) is 5.82. The topological polar surface area (TPSA) is 61.9 Å². The molecule has 0 aliphatic carbocycles. The molecule has 1 saturated heterocycles. The fourth-order valence-corrected chi connectivity index (χ4v) is 2.56. The van der Waals surface area contributed by atoms with Gasteiger partial charge in [-0.25, -0.2) is 0 Å². The number of carbonyl (C=O) groups excluding carboxylic acids is 2. The summed E-state index contributed by atoms with van der Waals surface area (Å²) in [6.45, 7) is -0.768. The standard InChI is InChI=1S/C16H21F2N3O3.ClH/c1-19-7-6-14(22)20-8-10-21(11-9-20)15(23)12-4-2-3-5-13(12)24-16(17)18;/h2-5,16,19H,6-11H2,1H3;1H. The van der Waals surface area contributed by atoms with Crippen LogP contribution in [0.15, 0.2) is 24.3 Å². The molecule has 0 atom stereocenters. The average molecular weight is 378 g/mol. The number of hydrogen-bond acceptors (Lipinski definition) is 4. The largest absolute Gasteiger partial charge is 0.434 e. The van der Waals surface area contributed by atoms with Gasteiger partial charge in [0.25, 0.3) is 5.91 Å². The molecular formula is C16H22ClF2N3O3. The Morgan fingerprint density at radius 1 is 1.16 bits per heavy atom. The van der Waals surface area contributed by atoms with Crippen LogP contribution in [0.4, 0.5) is 8.78 Å². The molecule has 1 aromatic carbocycles. The predicted molar refractivity (Wildman–Crippen MR) is 91.3 cm³/mol. The lowest BCUT2D eigenvalue weighted by Crippen LogP contribution is -2.51. The number of para-hydroxylation sites is 1. The average Bonchev–Trinajstić information content (AvgIpc) is 2.59. The van der Waals surface area contributed by atoms with Gasteiger partial charge in [-0.1, -0.05) is 12.1 Å². The summed E-state index contributed by atoms with van der Waals surface area (Å²) < 4.78 is 29.3. The number of nitrogens with zero attached hydrogens (tertiary/aromatic N) is 2. The summed E-state index contributed by atoms with van der Waals surface area (Å²) in [5.41, 5.74) is 0.104. The van der Waals surface area contributed by atoms with Gasteiger partial charge in [0.15, 0.2) is 0 Å². The van der Waals surface area contributed by atoms with Gasteiger partial charge in [-0.3, -0.25) is 9.59 Å². The fraction of sp³-hybridized carbons (Fsp3) is 0.500. The van der Waals surface area contributed by atoms with E-state index in [1.807, 2.05) is 0 Å². The van der Waals surface area contributed by atoms with Crippen molar-refractivity contribution in [2.75, 3.05) is 39.8 Å². The maximum absolute atomic E-state index is 12.5. The number of carbonyl (C=O) groups is 2. The van der Waals surface area contributed by atoms with Crippen molar-refractivity contribution in [1.82, 2.24) is 15.1 Å². The highest BCUT2D eigenvalue weighted by atomic mass is 35.5. The van der Waals surface area contributed by atoms with Gasteiger partial charge in [-0.05, 0) is 19.2 Å². The van der Waals surface area contributed by atoms with Gasteiger partial charge < -0.3 is 19.9 Å². The van der Waals surface area contributed by atoms with Crippen LogP contribution in [-0.2, 0) is 4.79 Å². The summed E-state index contributed by atoms with van der Waals surface area (Å²) >= 11 is 0. The van der Waals surface area contributed by atoms with Gasteiger partial charge >= 0.3 is 6.61 Å². The van der Waals surface area contributed by atoms with Crippen LogP contribution in [0.2, 0.25) is 0 Å². The quantitative estimate of drug-likeness (QED) is 0.818. The molecule has 9 heteroatoms. The van der Waals surface area contributed by atoms with Crippen LogP contribution >= 0.6 is 12.4 Å². The molecule has 1 aliphatic rings. The number of halogens is 3. The van der Waals surface area contributed by atoms with Gasteiger partial charge in [0.2, 0.25) is 5.91 Å². The molecular weight excluding hydrogens is 356 g/mol. The lowest BCUT2D eigenvalue weighted by atomic mass is 10.1. The molecule has 1 fully saturated rings. The normalized spacial score (nSPS) is 14.2. The van der Waals surface area contributed by atoms with E-state index in [0.717, 1.165) is 0 Å². The van der Waals surface area contributed by atoms with Crippen molar-refractivity contribution >= 4 is 24.2 Å². The van der Waals surface area contributed by atoms with Gasteiger partial charge in [-0.15, -0.1) is 12.4 Å². The van der Waals surface area contributed by atoms with Crippen LogP contribution in [0.3, 0.4) is 0 Å². The molecule has 2 rings (SSSR count).